The van der Waals surface area contributed by atoms with Gasteiger partial charge in [-0.25, -0.2) is 9.78 Å². The highest BCUT2D eigenvalue weighted by Gasteiger charge is 2.01. The van der Waals surface area contributed by atoms with Crippen LogP contribution in [0.1, 0.15) is 12.6 Å². The molecule has 1 aromatic rings. The zero-order chi connectivity index (χ0) is 8.97. The van der Waals surface area contributed by atoms with Crippen molar-refractivity contribution < 1.29 is 4.79 Å². The summed E-state index contributed by atoms with van der Waals surface area (Å²) in [5.74, 6) is 0. The molecule has 0 radical (unpaired) electrons. The topological polar surface area (TPSA) is 54.0 Å². The quantitative estimate of drug-likeness (QED) is 0.735. The van der Waals surface area contributed by atoms with Gasteiger partial charge in [0.05, 0.1) is 5.69 Å². The molecule has 66 valence electrons. The molecule has 0 bridgehead atoms. The van der Waals surface area contributed by atoms with Crippen LogP contribution < -0.4 is 10.6 Å². The molecule has 5 heteroatoms. The van der Waals surface area contributed by atoms with E-state index in [-0.39, 0.29) is 6.03 Å². The number of carbonyl (C=O) groups excluding carboxylic acids is 1. The van der Waals surface area contributed by atoms with Crippen molar-refractivity contribution in [1.82, 2.24) is 10.3 Å². The molecule has 1 rings (SSSR count). The number of hydrogen-bond acceptors (Lipinski definition) is 3. The third-order valence-electron chi connectivity index (χ3n) is 1.18. The standard InChI is InChI=1S/C7H11N3OS/c1-3-8-6(11)10-7-9-5(2)4-12-7/h4H,3H2,1-2H3,(H2,8,9,10,11). The average Bonchev–Trinajstić information content (AvgIpc) is 2.36. The maximum absolute atomic E-state index is 11.0. The Morgan fingerprint density at radius 2 is 2.50 bits per heavy atom. The van der Waals surface area contributed by atoms with E-state index in [9.17, 15) is 4.79 Å². The van der Waals surface area contributed by atoms with E-state index in [2.05, 4.69) is 15.6 Å². The molecule has 4 nitrogen and oxygen atoms in total. The lowest BCUT2D eigenvalue weighted by atomic mass is 10.6. The van der Waals surface area contributed by atoms with E-state index in [1.807, 2.05) is 19.2 Å². The molecule has 1 aromatic heterocycles. The lowest BCUT2D eigenvalue weighted by Crippen LogP contribution is -2.28. The number of nitrogens with one attached hydrogen (secondary N) is 2. The van der Waals surface area contributed by atoms with Crippen molar-refractivity contribution in [2.24, 2.45) is 0 Å². The van der Waals surface area contributed by atoms with Crippen molar-refractivity contribution in [3.05, 3.63) is 11.1 Å². The lowest BCUT2D eigenvalue weighted by molar-refractivity contribution is 0.252. The Morgan fingerprint density at radius 1 is 1.75 bits per heavy atom. The van der Waals surface area contributed by atoms with Crippen LogP contribution in [0.4, 0.5) is 9.93 Å². The molecular formula is C7H11N3OS. The Kier molecular flexibility index (Phi) is 3.04. The third-order valence-corrected chi connectivity index (χ3v) is 2.05. The highest BCUT2D eigenvalue weighted by molar-refractivity contribution is 7.13. The van der Waals surface area contributed by atoms with Gasteiger partial charge in [-0.1, -0.05) is 0 Å². The van der Waals surface area contributed by atoms with Gasteiger partial charge in [0.25, 0.3) is 0 Å². The highest BCUT2D eigenvalue weighted by Crippen LogP contribution is 2.13. The molecule has 0 unspecified atom stereocenters. The Morgan fingerprint density at radius 3 is 3.00 bits per heavy atom. The normalized spacial score (nSPS) is 9.50. The predicted molar refractivity (Wildman–Crippen MR) is 49.5 cm³/mol. The van der Waals surface area contributed by atoms with Crippen LogP contribution in [0.3, 0.4) is 0 Å². The van der Waals surface area contributed by atoms with Crippen LogP contribution in [-0.2, 0) is 0 Å². The maximum Gasteiger partial charge on any atom is 0.321 e. The van der Waals surface area contributed by atoms with Crippen molar-refractivity contribution in [2.45, 2.75) is 13.8 Å². The van der Waals surface area contributed by atoms with E-state index in [1.165, 1.54) is 11.3 Å². The minimum absolute atomic E-state index is 0.202. The summed E-state index contributed by atoms with van der Waals surface area (Å²) < 4.78 is 0. The Hall–Kier alpha value is -1.10. The number of amides is 2. The van der Waals surface area contributed by atoms with Gasteiger partial charge >= 0.3 is 6.03 Å². The summed E-state index contributed by atoms with van der Waals surface area (Å²) in [6, 6.07) is -0.202. The molecule has 12 heavy (non-hydrogen) atoms. The summed E-state index contributed by atoms with van der Waals surface area (Å²) in [6.07, 6.45) is 0. The number of hydrogen-bond donors (Lipinski definition) is 2. The van der Waals surface area contributed by atoms with Gasteiger partial charge in [-0.15, -0.1) is 11.3 Å². The summed E-state index contributed by atoms with van der Waals surface area (Å²) in [6.45, 7) is 4.38. The second-order valence-corrected chi connectivity index (χ2v) is 3.14. The summed E-state index contributed by atoms with van der Waals surface area (Å²) >= 11 is 1.42. The molecule has 2 N–H and O–H groups in total. The molecule has 0 atom stereocenters. The summed E-state index contributed by atoms with van der Waals surface area (Å²) in [5, 5.41) is 7.77. The smallest absolute Gasteiger partial charge is 0.321 e. The van der Waals surface area contributed by atoms with E-state index >= 15 is 0 Å². The molecule has 2 amide bonds. The first-order valence-corrected chi connectivity index (χ1v) is 4.57. The van der Waals surface area contributed by atoms with Crippen LogP contribution in [0, 0.1) is 6.92 Å². The van der Waals surface area contributed by atoms with E-state index < -0.39 is 0 Å². The van der Waals surface area contributed by atoms with Crippen LogP contribution in [0.25, 0.3) is 0 Å². The number of rotatable bonds is 2. The van der Waals surface area contributed by atoms with E-state index in [0.717, 1.165) is 5.69 Å². The zero-order valence-corrected chi connectivity index (χ0v) is 7.86. The van der Waals surface area contributed by atoms with Crippen molar-refractivity contribution >= 4 is 22.5 Å². The number of nitrogens with zero attached hydrogens (tertiary/aromatic N) is 1. The first-order chi connectivity index (χ1) is 5.72. The minimum atomic E-state index is -0.202. The fourth-order valence-corrected chi connectivity index (χ4v) is 1.40. The van der Waals surface area contributed by atoms with Crippen LogP contribution in [0.5, 0.6) is 0 Å². The van der Waals surface area contributed by atoms with Crippen LogP contribution >= 0.6 is 11.3 Å². The van der Waals surface area contributed by atoms with E-state index in [0.29, 0.717) is 11.7 Å². The van der Waals surface area contributed by atoms with Crippen LogP contribution in [0.15, 0.2) is 5.38 Å². The Balaban J connectivity index is 2.46. The molecular weight excluding hydrogens is 174 g/mol. The molecule has 0 aliphatic rings. The fourth-order valence-electron chi connectivity index (χ4n) is 0.713. The van der Waals surface area contributed by atoms with Crippen LogP contribution in [0.2, 0.25) is 0 Å². The fraction of sp³-hybridized carbons (Fsp3) is 0.429. The van der Waals surface area contributed by atoms with E-state index in [1.54, 1.807) is 0 Å². The van der Waals surface area contributed by atoms with Crippen molar-refractivity contribution in [3.63, 3.8) is 0 Å². The summed E-state index contributed by atoms with van der Waals surface area (Å²) in [4.78, 5) is 15.0. The molecule has 1 heterocycles. The monoisotopic (exact) mass is 185 g/mol. The van der Waals surface area contributed by atoms with Gasteiger partial charge in [0, 0.05) is 11.9 Å². The third kappa shape index (κ3) is 2.50. The van der Waals surface area contributed by atoms with Gasteiger partial charge in [-0.3, -0.25) is 5.32 Å². The number of urea groups is 1. The van der Waals surface area contributed by atoms with Gasteiger partial charge in [-0.2, -0.15) is 0 Å². The van der Waals surface area contributed by atoms with Crippen molar-refractivity contribution in [1.29, 1.82) is 0 Å². The largest absolute Gasteiger partial charge is 0.338 e. The van der Waals surface area contributed by atoms with Gasteiger partial charge in [0.2, 0.25) is 0 Å². The molecule has 0 aliphatic heterocycles. The van der Waals surface area contributed by atoms with Gasteiger partial charge in [0.15, 0.2) is 5.13 Å². The Labute approximate surface area is 75.0 Å². The predicted octanol–water partition coefficient (Wildman–Crippen LogP) is 1.59. The molecule has 0 saturated carbocycles. The van der Waals surface area contributed by atoms with Gasteiger partial charge in [-0.05, 0) is 13.8 Å². The van der Waals surface area contributed by atoms with Gasteiger partial charge < -0.3 is 5.32 Å². The van der Waals surface area contributed by atoms with Crippen molar-refractivity contribution in [2.75, 3.05) is 11.9 Å². The summed E-state index contributed by atoms with van der Waals surface area (Å²) in [5.41, 5.74) is 0.923. The second-order valence-electron chi connectivity index (χ2n) is 2.28. The maximum atomic E-state index is 11.0. The molecule has 0 aromatic carbocycles. The number of aromatic nitrogens is 1. The lowest BCUT2D eigenvalue weighted by Gasteiger charge is -2.00. The highest BCUT2D eigenvalue weighted by atomic mass is 32.1. The molecule has 0 saturated heterocycles. The first-order valence-electron chi connectivity index (χ1n) is 3.69. The zero-order valence-electron chi connectivity index (χ0n) is 7.05. The minimum Gasteiger partial charge on any atom is -0.338 e. The van der Waals surface area contributed by atoms with Gasteiger partial charge in [0.1, 0.15) is 0 Å². The Bertz CT molecular complexity index is 271. The number of thiazole rings is 1. The van der Waals surface area contributed by atoms with Crippen LogP contribution in [-0.4, -0.2) is 17.6 Å². The SMILES string of the molecule is CCNC(=O)Nc1nc(C)cs1. The number of aryl methyl sites for hydroxylation is 1. The number of carbonyl (C=O) groups is 1. The summed E-state index contributed by atoms with van der Waals surface area (Å²) in [7, 11) is 0. The van der Waals surface area contributed by atoms with E-state index in [4.69, 9.17) is 0 Å². The second kappa shape index (κ2) is 4.06. The number of anilines is 1. The first kappa shape index (κ1) is 8.99. The van der Waals surface area contributed by atoms with Crippen molar-refractivity contribution in [3.8, 4) is 0 Å². The molecule has 0 aliphatic carbocycles. The molecule has 0 spiro atoms. The average molecular weight is 185 g/mol. The molecule has 0 fully saturated rings.